The third-order valence-electron chi connectivity index (χ3n) is 3.83. The molecule has 1 fully saturated rings. The van der Waals surface area contributed by atoms with Crippen molar-refractivity contribution in [3.63, 3.8) is 0 Å². The van der Waals surface area contributed by atoms with Crippen molar-refractivity contribution in [3.05, 3.63) is 0 Å². The van der Waals surface area contributed by atoms with Crippen molar-refractivity contribution in [1.82, 2.24) is 10.2 Å². The van der Waals surface area contributed by atoms with Gasteiger partial charge in [0.1, 0.15) is 0 Å². The molecule has 0 spiro atoms. The Morgan fingerprint density at radius 2 is 2.16 bits per heavy atom. The van der Waals surface area contributed by atoms with Crippen molar-refractivity contribution >= 4 is 5.97 Å². The minimum absolute atomic E-state index is 0.218. The number of aliphatic hydroxyl groups excluding tert-OH is 1. The summed E-state index contributed by atoms with van der Waals surface area (Å²) in [6.07, 6.45) is 2.84. The van der Waals surface area contributed by atoms with Crippen LogP contribution in [0.5, 0.6) is 0 Å². The Morgan fingerprint density at radius 3 is 2.74 bits per heavy atom. The first kappa shape index (κ1) is 16.4. The quantitative estimate of drug-likeness (QED) is 0.573. The molecule has 2 unspecified atom stereocenters. The summed E-state index contributed by atoms with van der Waals surface area (Å²) in [6.45, 7) is 7.44. The maximum absolute atomic E-state index is 10.7. The number of carboxylic acids is 1. The molecule has 0 aliphatic carbocycles. The number of piperidine rings is 1. The largest absolute Gasteiger partial charge is 0.481 e. The first-order valence-corrected chi connectivity index (χ1v) is 7.33. The SMILES string of the molecule is CC(C)N1CC(CCC(=O)O)CC(NCCCO)C1. The second kappa shape index (κ2) is 8.51. The third-order valence-corrected chi connectivity index (χ3v) is 3.83. The van der Waals surface area contributed by atoms with Gasteiger partial charge in [-0.1, -0.05) is 0 Å². The number of carbonyl (C=O) groups is 1. The van der Waals surface area contributed by atoms with Gasteiger partial charge in [-0.2, -0.15) is 0 Å². The molecule has 1 saturated heterocycles. The van der Waals surface area contributed by atoms with E-state index in [0.717, 1.165) is 38.9 Å². The standard InChI is InChI=1S/C14H28N2O3/c1-11(2)16-9-12(4-5-14(18)19)8-13(10-16)15-6-3-7-17/h11-13,15,17H,3-10H2,1-2H3,(H,18,19). The highest BCUT2D eigenvalue weighted by Crippen LogP contribution is 2.23. The first-order chi connectivity index (χ1) is 9.02. The van der Waals surface area contributed by atoms with Gasteiger partial charge in [-0.15, -0.1) is 0 Å². The Bertz CT molecular complexity index is 271. The summed E-state index contributed by atoms with van der Waals surface area (Å²) in [4.78, 5) is 13.1. The fourth-order valence-corrected chi connectivity index (χ4v) is 2.73. The normalized spacial score (nSPS) is 24.8. The predicted octanol–water partition coefficient (Wildman–Crippen LogP) is 0.922. The highest BCUT2D eigenvalue weighted by molar-refractivity contribution is 5.66. The summed E-state index contributed by atoms with van der Waals surface area (Å²) >= 11 is 0. The van der Waals surface area contributed by atoms with Gasteiger partial charge in [-0.05, 0) is 45.6 Å². The average Bonchev–Trinajstić information content (AvgIpc) is 2.36. The molecule has 1 aliphatic heterocycles. The molecule has 0 aromatic heterocycles. The van der Waals surface area contributed by atoms with Gasteiger partial charge < -0.3 is 15.5 Å². The van der Waals surface area contributed by atoms with Gasteiger partial charge in [0.25, 0.3) is 0 Å². The lowest BCUT2D eigenvalue weighted by Gasteiger charge is -2.40. The number of rotatable bonds is 8. The molecule has 1 aliphatic rings. The van der Waals surface area contributed by atoms with Crippen molar-refractivity contribution < 1.29 is 15.0 Å². The van der Waals surface area contributed by atoms with E-state index in [9.17, 15) is 4.79 Å². The minimum atomic E-state index is -0.702. The highest BCUT2D eigenvalue weighted by atomic mass is 16.4. The number of likely N-dealkylation sites (tertiary alicyclic amines) is 1. The molecule has 19 heavy (non-hydrogen) atoms. The zero-order valence-electron chi connectivity index (χ0n) is 12.1. The number of aliphatic carboxylic acids is 1. The first-order valence-electron chi connectivity index (χ1n) is 7.33. The van der Waals surface area contributed by atoms with Crippen LogP contribution in [-0.4, -0.2) is 59.4 Å². The summed E-state index contributed by atoms with van der Waals surface area (Å²) in [7, 11) is 0. The van der Waals surface area contributed by atoms with Gasteiger partial charge in [0, 0.05) is 38.2 Å². The molecule has 3 N–H and O–H groups in total. The van der Waals surface area contributed by atoms with Crippen molar-refractivity contribution in [2.75, 3.05) is 26.2 Å². The Morgan fingerprint density at radius 1 is 1.42 bits per heavy atom. The number of nitrogens with one attached hydrogen (secondary N) is 1. The minimum Gasteiger partial charge on any atom is -0.481 e. The van der Waals surface area contributed by atoms with Crippen LogP contribution in [0.4, 0.5) is 0 Å². The Balaban J connectivity index is 2.45. The fourth-order valence-electron chi connectivity index (χ4n) is 2.73. The molecule has 2 atom stereocenters. The van der Waals surface area contributed by atoms with Crippen LogP contribution >= 0.6 is 0 Å². The lowest BCUT2D eigenvalue weighted by atomic mass is 9.89. The van der Waals surface area contributed by atoms with Gasteiger partial charge in [0.2, 0.25) is 0 Å². The molecule has 0 aromatic rings. The molecular formula is C14H28N2O3. The molecule has 5 heteroatoms. The maximum Gasteiger partial charge on any atom is 0.303 e. The summed E-state index contributed by atoms with van der Waals surface area (Å²) < 4.78 is 0. The van der Waals surface area contributed by atoms with E-state index in [0.29, 0.717) is 18.0 Å². The molecule has 0 bridgehead atoms. The number of aliphatic hydroxyl groups is 1. The average molecular weight is 272 g/mol. The monoisotopic (exact) mass is 272 g/mol. The van der Waals surface area contributed by atoms with Crippen LogP contribution in [0.15, 0.2) is 0 Å². The van der Waals surface area contributed by atoms with Crippen molar-refractivity contribution in [2.45, 2.75) is 51.6 Å². The Labute approximate surface area is 116 Å². The van der Waals surface area contributed by atoms with Crippen molar-refractivity contribution in [3.8, 4) is 0 Å². The van der Waals surface area contributed by atoms with Crippen LogP contribution in [0, 0.1) is 5.92 Å². The van der Waals surface area contributed by atoms with E-state index in [-0.39, 0.29) is 13.0 Å². The molecule has 0 saturated carbocycles. The molecule has 0 amide bonds. The lowest BCUT2D eigenvalue weighted by Crippen LogP contribution is -2.51. The molecule has 1 rings (SSSR count). The lowest BCUT2D eigenvalue weighted by molar-refractivity contribution is -0.137. The van der Waals surface area contributed by atoms with Gasteiger partial charge in [0.05, 0.1) is 0 Å². The zero-order valence-corrected chi connectivity index (χ0v) is 12.1. The summed E-state index contributed by atoms with van der Waals surface area (Å²) in [5.74, 6) is -0.245. The highest BCUT2D eigenvalue weighted by Gasteiger charge is 2.28. The van der Waals surface area contributed by atoms with Crippen LogP contribution in [-0.2, 0) is 4.79 Å². The number of carboxylic acid groups (broad SMARTS) is 1. The molecule has 0 radical (unpaired) electrons. The topological polar surface area (TPSA) is 72.8 Å². The van der Waals surface area contributed by atoms with Crippen LogP contribution < -0.4 is 5.32 Å². The van der Waals surface area contributed by atoms with Gasteiger partial charge in [0.15, 0.2) is 0 Å². The van der Waals surface area contributed by atoms with E-state index < -0.39 is 5.97 Å². The van der Waals surface area contributed by atoms with E-state index in [1.807, 2.05) is 0 Å². The number of hydrogen-bond donors (Lipinski definition) is 3. The smallest absolute Gasteiger partial charge is 0.303 e. The van der Waals surface area contributed by atoms with Crippen LogP contribution in [0.1, 0.15) is 39.5 Å². The molecule has 1 heterocycles. The summed E-state index contributed by atoms with van der Waals surface area (Å²) in [6, 6.07) is 0.913. The van der Waals surface area contributed by atoms with Crippen molar-refractivity contribution in [1.29, 1.82) is 0 Å². The fraction of sp³-hybridized carbons (Fsp3) is 0.929. The Hall–Kier alpha value is -0.650. The van der Waals surface area contributed by atoms with Crippen LogP contribution in [0.3, 0.4) is 0 Å². The van der Waals surface area contributed by atoms with E-state index in [1.54, 1.807) is 0 Å². The van der Waals surface area contributed by atoms with Crippen LogP contribution in [0.25, 0.3) is 0 Å². The summed E-state index contributed by atoms with van der Waals surface area (Å²) in [5.41, 5.74) is 0. The van der Waals surface area contributed by atoms with Gasteiger partial charge in [-0.3, -0.25) is 9.69 Å². The molecular weight excluding hydrogens is 244 g/mol. The van der Waals surface area contributed by atoms with Crippen LogP contribution in [0.2, 0.25) is 0 Å². The number of hydrogen-bond acceptors (Lipinski definition) is 4. The third kappa shape index (κ3) is 6.36. The summed E-state index contributed by atoms with van der Waals surface area (Å²) in [5, 5.41) is 21.1. The number of nitrogens with zero attached hydrogens (tertiary/aromatic N) is 1. The second-order valence-corrected chi connectivity index (χ2v) is 5.81. The van der Waals surface area contributed by atoms with Gasteiger partial charge in [-0.25, -0.2) is 0 Å². The van der Waals surface area contributed by atoms with E-state index in [1.165, 1.54) is 0 Å². The van der Waals surface area contributed by atoms with Gasteiger partial charge >= 0.3 is 5.97 Å². The molecule has 112 valence electrons. The molecule has 0 aromatic carbocycles. The predicted molar refractivity (Wildman–Crippen MR) is 75.2 cm³/mol. The Kier molecular flexibility index (Phi) is 7.34. The van der Waals surface area contributed by atoms with Crippen molar-refractivity contribution in [2.24, 2.45) is 5.92 Å². The molecule has 5 nitrogen and oxygen atoms in total. The second-order valence-electron chi connectivity index (χ2n) is 5.81. The maximum atomic E-state index is 10.7. The van der Waals surface area contributed by atoms with E-state index in [2.05, 4.69) is 24.1 Å². The zero-order chi connectivity index (χ0) is 14.3. The van der Waals surface area contributed by atoms with E-state index in [4.69, 9.17) is 10.2 Å². The van der Waals surface area contributed by atoms with E-state index >= 15 is 0 Å².